The Morgan fingerprint density at radius 2 is 0.667 bits per heavy atom. The van der Waals surface area contributed by atoms with Crippen LogP contribution in [-0.4, -0.2) is 9.13 Å². The predicted octanol–water partition coefficient (Wildman–Crippen LogP) is 15.2. The Bertz CT molecular complexity index is 3130. The first kappa shape index (κ1) is 34.8. The van der Waals surface area contributed by atoms with Gasteiger partial charge in [0, 0.05) is 44.1 Å². The van der Waals surface area contributed by atoms with Crippen molar-refractivity contribution in [1.82, 2.24) is 9.13 Å². The van der Waals surface area contributed by atoms with Gasteiger partial charge in [0.25, 0.3) is 0 Å². The monoisotopic (exact) mass is 768 g/mol. The molecule has 10 aromatic rings. The molecular weight excluding hydrogens is 725 g/mol. The van der Waals surface area contributed by atoms with Crippen LogP contribution in [0.5, 0.6) is 0 Å². The average Bonchev–Trinajstić information content (AvgIpc) is 3.96. The molecule has 2 aliphatic rings. The Kier molecular flexibility index (Phi) is 7.36. The molecule has 0 atom stereocenters. The number of benzene rings is 8. The summed E-state index contributed by atoms with van der Waals surface area (Å²) < 4.78 is 5.07. The maximum atomic E-state index is 2.54. The summed E-state index contributed by atoms with van der Waals surface area (Å²) in [7, 11) is 0. The summed E-state index contributed by atoms with van der Waals surface area (Å²) in [6.07, 6.45) is 0. The third-order valence-electron chi connectivity index (χ3n) is 13.7. The van der Waals surface area contributed by atoms with Crippen LogP contribution in [0.15, 0.2) is 194 Å². The molecule has 0 spiro atoms. The minimum Gasteiger partial charge on any atom is -0.309 e. The molecule has 0 radical (unpaired) electrons. The van der Waals surface area contributed by atoms with E-state index in [0.717, 1.165) is 0 Å². The second kappa shape index (κ2) is 12.7. The standard InChI is InChI=1S/C58H44N2/c1-57(2)47-27-15-11-23-41(47)43-33-31-39(35-49(43)57)59-51-29-17-13-25-45(51)53(55(59)37-19-7-5-8-20-37)54-46-26-14-18-30-52(46)60(56(54)38-21-9-6-10-22-38)40-32-34-44-42-24-12-16-28-48(42)58(3,4)50(44)36-40/h5-36H,1-4H3. The van der Waals surface area contributed by atoms with Crippen molar-refractivity contribution in [1.29, 1.82) is 0 Å². The van der Waals surface area contributed by atoms with Gasteiger partial charge in [-0.05, 0) is 92.0 Å². The average molecular weight is 769 g/mol. The molecule has 0 aliphatic heterocycles. The molecule has 2 heterocycles. The largest absolute Gasteiger partial charge is 0.309 e. The molecule has 2 aliphatic carbocycles. The first-order chi connectivity index (χ1) is 29.3. The summed E-state index contributed by atoms with van der Waals surface area (Å²) in [6, 6.07) is 72.3. The minimum absolute atomic E-state index is 0.125. The fraction of sp³-hybridized carbons (Fsp3) is 0.103. The molecule has 12 rings (SSSR count). The quantitative estimate of drug-likeness (QED) is 0.165. The molecule has 60 heavy (non-hydrogen) atoms. The van der Waals surface area contributed by atoms with E-state index in [-0.39, 0.29) is 10.8 Å². The molecule has 0 N–H and O–H groups in total. The van der Waals surface area contributed by atoms with Crippen LogP contribution in [0.2, 0.25) is 0 Å². The van der Waals surface area contributed by atoms with E-state index in [4.69, 9.17) is 0 Å². The molecule has 0 bridgehead atoms. The minimum atomic E-state index is -0.125. The van der Waals surface area contributed by atoms with Gasteiger partial charge in [0.1, 0.15) is 0 Å². The van der Waals surface area contributed by atoms with Crippen molar-refractivity contribution in [2.45, 2.75) is 38.5 Å². The smallest absolute Gasteiger partial charge is 0.0620 e. The number of para-hydroxylation sites is 2. The Morgan fingerprint density at radius 1 is 0.317 bits per heavy atom. The summed E-state index contributed by atoms with van der Waals surface area (Å²) in [5, 5.41) is 2.45. The van der Waals surface area contributed by atoms with Crippen LogP contribution in [0.1, 0.15) is 49.9 Å². The number of nitrogens with zero attached hydrogens (tertiary/aromatic N) is 2. The predicted molar refractivity (Wildman–Crippen MR) is 252 cm³/mol. The molecule has 286 valence electrons. The summed E-state index contributed by atoms with van der Waals surface area (Å²) in [5.41, 5.74) is 22.5. The lowest BCUT2D eigenvalue weighted by atomic mass is 9.82. The van der Waals surface area contributed by atoms with Gasteiger partial charge in [0.15, 0.2) is 0 Å². The normalized spacial score (nSPS) is 14.3. The molecule has 2 aromatic heterocycles. The fourth-order valence-electron chi connectivity index (χ4n) is 10.9. The molecular formula is C58H44N2. The molecule has 2 heteroatoms. The Labute approximate surface area is 351 Å². The van der Waals surface area contributed by atoms with Crippen molar-refractivity contribution in [2.24, 2.45) is 0 Å². The topological polar surface area (TPSA) is 9.86 Å². The lowest BCUT2D eigenvalue weighted by Gasteiger charge is -2.23. The van der Waals surface area contributed by atoms with E-state index in [1.807, 2.05) is 0 Å². The second-order valence-electron chi connectivity index (χ2n) is 17.7. The van der Waals surface area contributed by atoms with Crippen molar-refractivity contribution < 1.29 is 0 Å². The molecule has 0 unspecified atom stereocenters. The van der Waals surface area contributed by atoms with Crippen LogP contribution in [0, 0.1) is 0 Å². The van der Waals surface area contributed by atoms with Gasteiger partial charge in [-0.15, -0.1) is 0 Å². The lowest BCUT2D eigenvalue weighted by molar-refractivity contribution is 0.659. The van der Waals surface area contributed by atoms with Crippen molar-refractivity contribution in [2.75, 3.05) is 0 Å². The molecule has 0 saturated carbocycles. The van der Waals surface area contributed by atoms with Gasteiger partial charge in [0.05, 0.1) is 22.4 Å². The van der Waals surface area contributed by atoms with E-state index in [1.165, 1.54) is 111 Å². The number of aromatic nitrogens is 2. The van der Waals surface area contributed by atoms with E-state index in [9.17, 15) is 0 Å². The maximum absolute atomic E-state index is 2.54. The second-order valence-corrected chi connectivity index (χ2v) is 17.7. The van der Waals surface area contributed by atoms with Crippen molar-refractivity contribution >= 4 is 21.8 Å². The molecule has 8 aromatic carbocycles. The summed E-state index contributed by atoms with van der Waals surface area (Å²) >= 11 is 0. The van der Waals surface area contributed by atoms with E-state index in [2.05, 4.69) is 231 Å². The van der Waals surface area contributed by atoms with Crippen molar-refractivity contribution in [3.8, 4) is 67.3 Å². The van der Waals surface area contributed by atoms with Crippen LogP contribution < -0.4 is 0 Å². The number of hydrogen-bond donors (Lipinski definition) is 0. The number of hydrogen-bond acceptors (Lipinski definition) is 0. The van der Waals surface area contributed by atoms with Gasteiger partial charge in [0.2, 0.25) is 0 Å². The fourth-order valence-corrected chi connectivity index (χ4v) is 10.9. The van der Waals surface area contributed by atoms with Crippen LogP contribution in [0.4, 0.5) is 0 Å². The van der Waals surface area contributed by atoms with Crippen LogP contribution >= 0.6 is 0 Å². The molecule has 0 fully saturated rings. The molecule has 2 nitrogen and oxygen atoms in total. The Hall–Kier alpha value is -7.16. The maximum Gasteiger partial charge on any atom is 0.0620 e. The highest BCUT2D eigenvalue weighted by molar-refractivity contribution is 6.16. The molecule has 0 amide bonds. The zero-order valence-corrected chi connectivity index (χ0v) is 34.4. The van der Waals surface area contributed by atoms with Gasteiger partial charge >= 0.3 is 0 Å². The highest BCUT2D eigenvalue weighted by Crippen LogP contribution is 2.54. The van der Waals surface area contributed by atoms with E-state index in [1.54, 1.807) is 0 Å². The van der Waals surface area contributed by atoms with Gasteiger partial charge < -0.3 is 9.13 Å². The third kappa shape index (κ3) is 4.76. The van der Waals surface area contributed by atoms with Gasteiger partial charge in [-0.3, -0.25) is 0 Å². The Balaban J connectivity index is 1.20. The number of rotatable bonds is 5. The first-order valence-corrected chi connectivity index (χ1v) is 21.2. The number of fused-ring (bicyclic) bond motifs is 8. The van der Waals surface area contributed by atoms with Gasteiger partial charge in [-0.1, -0.05) is 185 Å². The van der Waals surface area contributed by atoms with Crippen LogP contribution in [0.25, 0.3) is 89.1 Å². The van der Waals surface area contributed by atoms with E-state index in [0.29, 0.717) is 0 Å². The zero-order chi connectivity index (χ0) is 40.3. The SMILES string of the molecule is CC1(C)c2ccccc2-c2ccc(-n3c(-c4ccccc4)c(-c4c(-c5ccccc5)n(-c5ccc6c(c5)C(C)(C)c5ccccc5-6)c5ccccc45)c4ccccc43)cc21. The molecule has 0 saturated heterocycles. The van der Waals surface area contributed by atoms with E-state index >= 15 is 0 Å². The van der Waals surface area contributed by atoms with Crippen molar-refractivity contribution in [3.05, 3.63) is 216 Å². The third-order valence-corrected chi connectivity index (χ3v) is 13.7. The first-order valence-electron chi connectivity index (χ1n) is 21.2. The summed E-state index contributed by atoms with van der Waals surface area (Å²) in [6.45, 7) is 9.49. The van der Waals surface area contributed by atoms with E-state index < -0.39 is 0 Å². The zero-order valence-electron chi connectivity index (χ0n) is 34.4. The summed E-state index contributed by atoms with van der Waals surface area (Å²) in [4.78, 5) is 0. The lowest BCUT2D eigenvalue weighted by Crippen LogP contribution is -2.15. The van der Waals surface area contributed by atoms with Crippen LogP contribution in [-0.2, 0) is 10.8 Å². The summed E-state index contributed by atoms with van der Waals surface area (Å²) in [5.74, 6) is 0. The Morgan fingerprint density at radius 3 is 1.10 bits per heavy atom. The highest BCUT2D eigenvalue weighted by Gasteiger charge is 2.38. The van der Waals surface area contributed by atoms with Gasteiger partial charge in [-0.25, -0.2) is 0 Å². The highest BCUT2D eigenvalue weighted by atomic mass is 15.0. The van der Waals surface area contributed by atoms with Gasteiger partial charge in [-0.2, -0.15) is 0 Å². The van der Waals surface area contributed by atoms with Crippen molar-refractivity contribution in [3.63, 3.8) is 0 Å². The van der Waals surface area contributed by atoms with Crippen LogP contribution in [0.3, 0.4) is 0 Å².